The van der Waals surface area contributed by atoms with E-state index in [1.54, 1.807) is 19.2 Å². The molecule has 123 valence electrons. The molecule has 2 aromatic carbocycles. The molecule has 3 atom stereocenters. The summed E-state index contributed by atoms with van der Waals surface area (Å²) < 4.78 is 13.0. The summed E-state index contributed by atoms with van der Waals surface area (Å²) in [7, 11) is 1.74. The molecule has 2 aliphatic rings. The van der Waals surface area contributed by atoms with E-state index in [4.69, 9.17) is 9.47 Å². The normalized spacial score (nSPS) is 30.6. The van der Waals surface area contributed by atoms with E-state index in [0.29, 0.717) is 9.23 Å². The first-order valence-electron chi connectivity index (χ1n) is 8.31. The van der Waals surface area contributed by atoms with E-state index in [9.17, 15) is 5.11 Å². The summed E-state index contributed by atoms with van der Waals surface area (Å²) in [6.45, 7) is 4.40. The molecular formula is C20H21O3Pb. The SMILES string of the molecule is COc1cc(C)cc2c1C1(C)CC[CH]([Pb])C1(c1ccc(O)cc1)O2. The van der Waals surface area contributed by atoms with Crippen LogP contribution in [0, 0.1) is 6.92 Å². The number of rotatable bonds is 2. The first-order chi connectivity index (χ1) is 11.4. The van der Waals surface area contributed by atoms with E-state index < -0.39 is 0 Å². The minimum absolute atomic E-state index is 0.106. The number of phenolic OH excluding ortho intramolecular Hbond substituents is 1. The molecule has 3 radical (unpaired) electrons. The molecule has 0 amide bonds. The van der Waals surface area contributed by atoms with Gasteiger partial charge in [0.1, 0.15) is 0 Å². The molecule has 24 heavy (non-hydrogen) atoms. The van der Waals surface area contributed by atoms with Crippen molar-refractivity contribution in [1.29, 1.82) is 0 Å². The summed E-state index contributed by atoms with van der Waals surface area (Å²) in [5.74, 6) is 2.19. The Morgan fingerprint density at radius 3 is 2.62 bits per heavy atom. The van der Waals surface area contributed by atoms with Crippen LogP contribution in [0.1, 0.15) is 36.5 Å². The second-order valence-electron chi connectivity index (χ2n) is 7.15. The van der Waals surface area contributed by atoms with Gasteiger partial charge < -0.3 is 0 Å². The fourth-order valence-corrected chi connectivity index (χ4v) is 7.34. The van der Waals surface area contributed by atoms with Gasteiger partial charge in [-0.25, -0.2) is 0 Å². The van der Waals surface area contributed by atoms with E-state index in [2.05, 4.69) is 26.0 Å². The number of aryl methyl sites for hydroxylation is 1. The van der Waals surface area contributed by atoms with Gasteiger partial charge in [0.15, 0.2) is 0 Å². The van der Waals surface area contributed by atoms with Crippen LogP contribution in [0.25, 0.3) is 0 Å². The molecule has 1 aliphatic carbocycles. The van der Waals surface area contributed by atoms with Gasteiger partial charge >= 0.3 is 159 Å². The van der Waals surface area contributed by atoms with Crippen LogP contribution in [0.15, 0.2) is 36.4 Å². The molecule has 2 aromatic rings. The monoisotopic (exact) mass is 517 g/mol. The first-order valence-corrected chi connectivity index (χ1v) is 10.6. The van der Waals surface area contributed by atoms with Gasteiger partial charge in [0, 0.05) is 0 Å². The molecule has 1 aliphatic heterocycles. The van der Waals surface area contributed by atoms with Crippen molar-refractivity contribution in [3.8, 4) is 17.2 Å². The summed E-state index contributed by atoms with van der Waals surface area (Å²) in [6.07, 6.45) is 2.26. The Bertz CT molecular complexity index is 801. The maximum absolute atomic E-state index is 9.71. The summed E-state index contributed by atoms with van der Waals surface area (Å²) in [6, 6.07) is 11.8. The van der Waals surface area contributed by atoms with Gasteiger partial charge in [-0.3, -0.25) is 0 Å². The molecule has 0 bridgehead atoms. The van der Waals surface area contributed by atoms with Crippen LogP contribution in [-0.2, 0) is 11.0 Å². The molecule has 3 unspecified atom stereocenters. The number of ether oxygens (including phenoxy) is 2. The topological polar surface area (TPSA) is 38.7 Å². The van der Waals surface area contributed by atoms with Crippen LogP contribution in [0.2, 0.25) is 3.48 Å². The molecule has 3 nitrogen and oxygen atoms in total. The molecular weight excluding hydrogens is 495 g/mol. The molecule has 1 N–H and O–H groups in total. The Kier molecular flexibility index (Phi) is 3.64. The molecule has 4 rings (SSSR count). The van der Waals surface area contributed by atoms with Gasteiger partial charge in [0.05, 0.1) is 0 Å². The number of aromatic hydroxyl groups is 1. The number of phenols is 1. The maximum atomic E-state index is 9.71. The van der Waals surface area contributed by atoms with E-state index in [1.165, 1.54) is 12.0 Å². The van der Waals surface area contributed by atoms with Gasteiger partial charge in [-0.1, -0.05) is 0 Å². The van der Waals surface area contributed by atoms with Gasteiger partial charge in [-0.2, -0.15) is 0 Å². The Morgan fingerprint density at radius 1 is 1.25 bits per heavy atom. The molecule has 4 heteroatoms. The van der Waals surface area contributed by atoms with Gasteiger partial charge in [-0.15, -0.1) is 0 Å². The zero-order chi connectivity index (χ0) is 17.1. The number of hydrogen-bond acceptors (Lipinski definition) is 3. The van der Waals surface area contributed by atoms with E-state index in [-0.39, 0.29) is 11.0 Å². The van der Waals surface area contributed by atoms with E-state index in [0.717, 1.165) is 54.8 Å². The molecule has 0 aromatic heterocycles. The molecule has 1 heterocycles. The second-order valence-corrected chi connectivity index (χ2v) is 9.86. The van der Waals surface area contributed by atoms with Crippen molar-refractivity contribution in [3.05, 3.63) is 53.1 Å². The van der Waals surface area contributed by atoms with Crippen molar-refractivity contribution in [2.45, 2.75) is 41.2 Å². The Balaban J connectivity index is 1.98. The third-order valence-corrected chi connectivity index (χ3v) is 8.50. The minimum atomic E-state index is -0.351. The average Bonchev–Trinajstić information content (AvgIpc) is 2.96. The standard InChI is InChI=1S/C20H21O3.Pb/c1-13-11-16(22-3)18-17(12-13)23-20(10-4-9-19(18,20)2)14-5-7-15(21)8-6-14;/h5-8,10-12,21H,4,9H2,1-3H3;. The first kappa shape index (κ1) is 16.2. The molecule has 0 spiro atoms. The number of methoxy groups -OCH3 is 1. The van der Waals surface area contributed by atoms with Crippen molar-refractivity contribution in [3.63, 3.8) is 0 Å². The Morgan fingerprint density at radius 2 is 1.96 bits per heavy atom. The Hall–Kier alpha value is -1.24. The van der Waals surface area contributed by atoms with Gasteiger partial charge in [-0.05, 0) is 0 Å². The van der Waals surface area contributed by atoms with Crippen molar-refractivity contribution in [2.24, 2.45) is 0 Å². The van der Waals surface area contributed by atoms with Gasteiger partial charge in [0.2, 0.25) is 0 Å². The van der Waals surface area contributed by atoms with Crippen LogP contribution in [0.5, 0.6) is 17.2 Å². The van der Waals surface area contributed by atoms with E-state index in [1.807, 2.05) is 12.1 Å². The van der Waals surface area contributed by atoms with Gasteiger partial charge in [0.25, 0.3) is 0 Å². The van der Waals surface area contributed by atoms with E-state index >= 15 is 0 Å². The zero-order valence-electron chi connectivity index (χ0n) is 14.2. The second kappa shape index (κ2) is 5.38. The predicted octanol–water partition coefficient (Wildman–Crippen LogP) is 4.01. The fraction of sp³-hybridized carbons (Fsp3) is 0.400. The van der Waals surface area contributed by atoms with Crippen molar-refractivity contribution in [1.82, 2.24) is 0 Å². The van der Waals surface area contributed by atoms with Crippen LogP contribution in [-0.4, -0.2) is 38.0 Å². The van der Waals surface area contributed by atoms with Crippen LogP contribution in [0.4, 0.5) is 0 Å². The quantitative estimate of drug-likeness (QED) is 0.614. The molecule has 0 saturated heterocycles. The Labute approximate surface area is 158 Å². The predicted molar refractivity (Wildman–Crippen MR) is 94.2 cm³/mol. The van der Waals surface area contributed by atoms with Crippen LogP contribution >= 0.6 is 0 Å². The molecule has 1 fully saturated rings. The summed E-state index contributed by atoms with van der Waals surface area (Å²) in [5, 5.41) is 9.71. The van der Waals surface area contributed by atoms with Crippen molar-refractivity contribution < 1.29 is 14.6 Å². The van der Waals surface area contributed by atoms with Crippen LogP contribution < -0.4 is 9.47 Å². The third kappa shape index (κ3) is 1.93. The van der Waals surface area contributed by atoms with Crippen LogP contribution in [0.3, 0.4) is 0 Å². The summed E-state index contributed by atoms with van der Waals surface area (Å²) in [4.78, 5) is 0. The third-order valence-electron chi connectivity index (χ3n) is 5.79. The average molecular weight is 517 g/mol. The molecule has 1 saturated carbocycles. The number of benzene rings is 2. The summed E-state index contributed by atoms with van der Waals surface area (Å²) >= 11 is 1.07. The number of fused-ring (bicyclic) bond motifs is 3. The van der Waals surface area contributed by atoms with Crippen molar-refractivity contribution in [2.75, 3.05) is 7.11 Å². The fourth-order valence-electron chi connectivity index (χ4n) is 4.67. The summed E-state index contributed by atoms with van der Waals surface area (Å²) in [5.41, 5.74) is 3.07. The number of hydrogen-bond donors (Lipinski definition) is 1. The van der Waals surface area contributed by atoms with Crippen molar-refractivity contribution >= 4 is 25.8 Å². The zero-order valence-corrected chi connectivity index (χ0v) is 18.1.